The Labute approximate surface area is 112 Å². The Hall–Kier alpha value is -1.13. The number of hydrogen-bond donors (Lipinski definition) is 1. The summed E-state index contributed by atoms with van der Waals surface area (Å²) < 4.78 is 24.7. The summed E-state index contributed by atoms with van der Waals surface area (Å²) in [5, 5.41) is 10.3. The van der Waals surface area contributed by atoms with Crippen molar-refractivity contribution in [2.24, 2.45) is 5.92 Å². The van der Waals surface area contributed by atoms with Crippen molar-refractivity contribution in [2.45, 2.75) is 44.0 Å². The maximum Gasteiger partial charge on any atom is 0.168 e. The molecule has 2 bridgehead atoms. The summed E-state index contributed by atoms with van der Waals surface area (Å²) in [6, 6.07) is 5.04. The Bertz CT molecular complexity index is 463. The van der Waals surface area contributed by atoms with Crippen LogP contribution in [0.5, 0.6) is 5.75 Å². The van der Waals surface area contributed by atoms with Crippen LogP contribution in [-0.4, -0.2) is 30.5 Å². The van der Waals surface area contributed by atoms with Gasteiger partial charge in [-0.05, 0) is 30.9 Å². The first-order valence-electron chi connectivity index (χ1n) is 6.84. The number of ether oxygens (including phenoxy) is 2. The fourth-order valence-corrected chi connectivity index (χ4v) is 3.33. The summed E-state index contributed by atoms with van der Waals surface area (Å²) in [4.78, 5) is 0. The molecule has 2 heterocycles. The van der Waals surface area contributed by atoms with Crippen LogP contribution >= 0.6 is 0 Å². The minimum atomic E-state index is -0.545. The highest BCUT2D eigenvalue weighted by atomic mass is 19.1. The summed E-state index contributed by atoms with van der Waals surface area (Å²) in [6.45, 7) is 0. The number of hydrogen-bond acceptors (Lipinski definition) is 3. The minimum absolute atomic E-state index is 0.143. The van der Waals surface area contributed by atoms with Gasteiger partial charge in [0.05, 0.1) is 25.4 Å². The standard InChI is InChI=1S/C15H19FO3/c1-18-14-4-2-3-9(15(14)16)7-12(17)11-8-10-5-6-13(11)19-10/h2-4,10-13,17H,5-8H2,1H3. The molecule has 4 heteroatoms. The van der Waals surface area contributed by atoms with Crippen LogP contribution in [0.2, 0.25) is 0 Å². The van der Waals surface area contributed by atoms with Crippen LogP contribution in [0.4, 0.5) is 4.39 Å². The molecule has 19 heavy (non-hydrogen) atoms. The van der Waals surface area contributed by atoms with Crippen LogP contribution in [0.15, 0.2) is 18.2 Å². The summed E-state index contributed by atoms with van der Waals surface area (Å²) in [6.07, 6.45) is 3.26. The van der Waals surface area contributed by atoms with Crippen molar-refractivity contribution in [3.63, 3.8) is 0 Å². The monoisotopic (exact) mass is 266 g/mol. The first kappa shape index (κ1) is 12.9. The van der Waals surface area contributed by atoms with Crippen LogP contribution in [-0.2, 0) is 11.2 Å². The number of benzene rings is 1. The molecule has 4 atom stereocenters. The largest absolute Gasteiger partial charge is 0.494 e. The molecule has 1 N–H and O–H groups in total. The van der Waals surface area contributed by atoms with E-state index < -0.39 is 6.10 Å². The molecule has 1 aromatic rings. The zero-order valence-corrected chi connectivity index (χ0v) is 11.0. The molecule has 0 aromatic heterocycles. The van der Waals surface area contributed by atoms with Gasteiger partial charge in [-0.2, -0.15) is 0 Å². The molecule has 104 valence electrons. The lowest BCUT2D eigenvalue weighted by atomic mass is 9.83. The number of rotatable bonds is 4. The van der Waals surface area contributed by atoms with Gasteiger partial charge < -0.3 is 14.6 Å². The van der Waals surface area contributed by atoms with E-state index in [0.29, 0.717) is 18.1 Å². The van der Waals surface area contributed by atoms with E-state index >= 15 is 0 Å². The van der Waals surface area contributed by atoms with Gasteiger partial charge >= 0.3 is 0 Å². The first-order chi connectivity index (χ1) is 9.19. The van der Waals surface area contributed by atoms with E-state index in [1.165, 1.54) is 7.11 Å². The fourth-order valence-electron chi connectivity index (χ4n) is 3.33. The van der Waals surface area contributed by atoms with Gasteiger partial charge in [0.25, 0.3) is 0 Å². The number of aliphatic hydroxyl groups excluding tert-OH is 1. The highest BCUT2D eigenvalue weighted by Gasteiger charge is 2.43. The Morgan fingerprint density at radius 3 is 2.95 bits per heavy atom. The smallest absolute Gasteiger partial charge is 0.168 e. The second-order valence-electron chi connectivity index (χ2n) is 5.48. The summed E-state index contributed by atoms with van der Waals surface area (Å²) in [5.74, 6) is 0.00590. The zero-order valence-electron chi connectivity index (χ0n) is 11.0. The van der Waals surface area contributed by atoms with Crippen LogP contribution in [0, 0.1) is 11.7 Å². The molecule has 1 aromatic carbocycles. The second-order valence-corrected chi connectivity index (χ2v) is 5.48. The molecule has 2 aliphatic heterocycles. The molecule has 2 saturated heterocycles. The van der Waals surface area contributed by atoms with Gasteiger partial charge in [0.2, 0.25) is 0 Å². The summed E-state index contributed by atoms with van der Waals surface area (Å²) >= 11 is 0. The highest BCUT2D eigenvalue weighted by Crippen LogP contribution is 2.41. The van der Waals surface area contributed by atoms with Gasteiger partial charge in [-0.25, -0.2) is 4.39 Å². The molecule has 2 aliphatic rings. The van der Waals surface area contributed by atoms with Gasteiger partial charge in [0.1, 0.15) is 0 Å². The summed E-state index contributed by atoms with van der Waals surface area (Å²) in [7, 11) is 1.45. The average Bonchev–Trinajstić information content (AvgIpc) is 3.03. The molecule has 0 radical (unpaired) electrons. The highest BCUT2D eigenvalue weighted by molar-refractivity contribution is 5.31. The van der Waals surface area contributed by atoms with Crippen LogP contribution < -0.4 is 4.74 Å². The third-order valence-corrected chi connectivity index (χ3v) is 4.34. The van der Waals surface area contributed by atoms with E-state index in [1.807, 2.05) is 0 Å². The lowest BCUT2D eigenvalue weighted by Gasteiger charge is -2.24. The van der Waals surface area contributed by atoms with Gasteiger partial charge in [-0.15, -0.1) is 0 Å². The predicted octanol–water partition coefficient (Wildman–Crippen LogP) is 2.31. The van der Waals surface area contributed by atoms with E-state index in [9.17, 15) is 9.50 Å². The molecule has 0 aliphatic carbocycles. The van der Waals surface area contributed by atoms with Crippen molar-refractivity contribution in [1.29, 1.82) is 0 Å². The van der Waals surface area contributed by atoms with Crippen molar-refractivity contribution in [2.75, 3.05) is 7.11 Å². The zero-order chi connectivity index (χ0) is 13.4. The molecule has 2 fully saturated rings. The third-order valence-electron chi connectivity index (χ3n) is 4.34. The molecular formula is C15H19FO3. The number of methoxy groups -OCH3 is 1. The predicted molar refractivity (Wildman–Crippen MR) is 68.7 cm³/mol. The van der Waals surface area contributed by atoms with Gasteiger partial charge in [-0.3, -0.25) is 0 Å². The van der Waals surface area contributed by atoms with Gasteiger partial charge in [0.15, 0.2) is 11.6 Å². The van der Waals surface area contributed by atoms with Crippen molar-refractivity contribution in [3.05, 3.63) is 29.6 Å². The van der Waals surface area contributed by atoms with E-state index in [-0.39, 0.29) is 23.6 Å². The molecule has 3 rings (SSSR count). The Morgan fingerprint density at radius 2 is 2.32 bits per heavy atom. The Balaban J connectivity index is 1.71. The molecule has 3 nitrogen and oxygen atoms in total. The lowest BCUT2D eigenvalue weighted by molar-refractivity contribution is 0.0427. The van der Waals surface area contributed by atoms with Crippen molar-refractivity contribution in [3.8, 4) is 5.75 Å². The van der Waals surface area contributed by atoms with Gasteiger partial charge in [0, 0.05) is 12.3 Å². The maximum atomic E-state index is 14.0. The molecule has 0 spiro atoms. The third kappa shape index (κ3) is 2.35. The van der Waals surface area contributed by atoms with Crippen molar-refractivity contribution < 1.29 is 19.0 Å². The second kappa shape index (κ2) is 5.10. The Morgan fingerprint density at radius 1 is 1.47 bits per heavy atom. The fraction of sp³-hybridized carbons (Fsp3) is 0.600. The Kier molecular flexibility index (Phi) is 3.46. The van der Waals surface area contributed by atoms with Crippen LogP contribution in [0.25, 0.3) is 0 Å². The topological polar surface area (TPSA) is 38.7 Å². The van der Waals surface area contributed by atoms with Gasteiger partial charge in [-0.1, -0.05) is 12.1 Å². The molecular weight excluding hydrogens is 247 g/mol. The van der Waals surface area contributed by atoms with E-state index in [2.05, 4.69) is 0 Å². The average molecular weight is 266 g/mol. The van der Waals surface area contributed by atoms with Crippen LogP contribution in [0.3, 0.4) is 0 Å². The normalized spacial score (nSPS) is 30.6. The van der Waals surface area contributed by atoms with E-state index in [0.717, 1.165) is 19.3 Å². The van der Waals surface area contributed by atoms with Crippen molar-refractivity contribution in [1.82, 2.24) is 0 Å². The molecule has 0 amide bonds. The SMILES string of the molecule is COc1cccc(CC(O)C2CC3CCC2O3)c1F. The number of halogens is 1. The van der Waals surface area contributed by atoms with Crippen LogP contribution in [0.1, 0.15) is 24.8 Å². The molecule has 4 unspecified atom stereocenters. The maximum absolute atomic E-state index is 14.0. The van der Waals surface area contributed by atoms with Crippen molar-refractivity contribution >= 4 is 0 Å². The lowest BCUT2D eigenvalue weighted by Crippen LogP contribution is -2.31. The van der Waals surface area contributed by atoms with E-state index in [1.54, 1.807) is 18.2 Å². The summed E-state index contributed by atoms with van der Waals surface area (Å²) in [5.41, 5.74) is 0.509. The first-order valence-corrected chi connectivity index (χ1v) is 6.84. The van der Waals surface area contributed by atoms with E-state index in [4.69, 9.17) is 9.47 Å². The number of aliphatic hydroxyl groups is 1. The number of fused-ring (bicyclic) bond motifs is 2. The quantitative estimate of drug-likeness (QED) is 0.909. The minimum Gasteiger partial charge on any atom is -0.494 e. The molecule has 0 saturated carbocycles.